The second-order valence-corrected chi connectivity index (χ2v) is 3.78. The van der Waals surface area contributed by atoms with Gasteiger partial charge in [0.25, 0.3) is 0 Å². The van der Waals surface area contributed by atoms with Crippen molar-refractivity contribution >= 4 is 12.6 Å². The van der Waals surface area contributed by atoms with Crippen LogP contribution in [0.3, 0.4) is 0 Å². The molecule has 1 aromatic carbocycles. The van der Waals surface area contributed by atoms with Gasteiger partial charge in [0.1, 0.15) is 5.82 Å². The van der Waals surface area contributed by atoms with Crippen molar-refractivity contribution in [3.05, 3.63) is 29.6 Å². The molecule has 0 fully saturated rings. The van der Waals surface area contributed by atoms with Crippen molar-refractivity contribution < 1.29 is 9.13 Å². The van der Waals surface area contributed by atoms with Crippen LogP contribution in [0.15, 0.2) is 23.1 Å². The van der Waals surface area contributed by atoms with E-state index in [1.54, 1.807) is 6.07 Å². The molecule has 78 valence electrons. The van der Waals surface area contributed by atoms with Crippen LogP contribution in [0.25, 0.3) is 0 Å². The molecule has 0 heterocycles. The molecular formula is C11H15FOS. The summed E-state index contributed by atoms with van der Waals surface area (Å²) in [4.78, 5) is 0.773. The standard InChI is InChI=1S/C11H15FOS/c1-3-8(2)13-7-9-6-10(12)4-5-11(9)14/h4-6,8,14H,3,7H2,1-2H3. The highest BCUT2D eigenvalue weighted by molar-refractivity contribution is 7.80. The monoisotopic (exact) mass is 214 g/mol. The average Bonchev–Trinajstić information content (AvgIpc) is 2.19. The Bertz CT molecular complexity index is 301. The zero-order chi connectivity index (χ0) is 10.6. The number of hydrogen-bond donors (Lipinski definition) is 1. The predicted octanol–water partition coefficient (Wildman–Crippen LogP) is 3.43. The molecule has 0 aliphatic heterocycles. The summed E-state index contributed by atoms with van der Waals surface area (Å²) in [5, 5.41) is 0. The van der Waals surface area contributed by atoms with Crippen LogP contribution in [-0.2, 0) is 11.3 Å². The maximum atomic E-state index is 12.9. The molecule has 1 aromatic rings. The van der Waals surface area contributed by atoms with Crippen molar-refractivity contribution in [1.82, 2.24) is 0 Å². The summed E-state index contributed by atoms with van der Waals surface area (Å²) in [6.45, 7) is 4.47. The maximum absolute atomic E-state index is 12.9. The summed E-state index contributed by atoms with van der Waals surface area (Å²) in [5.74, 6) is -0.245. The minimum atomic E-state index is -0.245. The Hall–Kier alpha value is -0.540. The van der Waals surface area contributed by atoms with E-state index in [0.717, 1.165) is 16.9 Å². The Balaban J connectivity index is 2.62. The van der Waals surface area contributed by atoms with Gasteiger partial charge in [0.05, 0.1) is 12.7 Å². The molecule has 0 aromatic heterocycles. The van der Waals surface area contributed by atoms with Crippen LogP contribution >= 0.6 is 12.6 Å². The van der Waals surface area contributed by atoms with Crippen LogP contribution in [-0.4, -0.2) is 6.10 Å². The number of ether oxygens (including phenoxy) is 1. The number of rotatable bonds is 4. The van der Waals surface area contributed by atoms with Gasteiger partial charge in [0, 0.05) is 4.90 Å². The fourth-order valence-electron chi connectivity index (χ4n) is 1.02. The van der Waals surface area contributed by atoms with Gasteiger partial charge in [-0.15, -0.1) is 12.6 Å². The molecule has 1 atom stereocenters. The lowest BCUT2D eigenvalue weighted by Crippen LogP contribution is -2.06. The Labute approximate surface area is 89.7 Å². The fourth-order valence-corrected chi connectivity index (χ4v) is 1.22. The van der Waals surface area contributed by atoms with Crippen LogP contribution in [0.2, 0.25) is 0 Å². The van der Waals surface area contributed by atoms with E-state index in [1.807, 2.05) is 6.92 Å². The van der Waals surface area contributed by atoms with Crippen LogP contribution in [0.4, 0.5) is 4.39 Å². The van der Waals surface area contributed by atoms with Crippen molar-refractivity contribution in [1.29, 1.82) is 0 Å². The SMILES string of the molecule is CCC(C)OCc1cc(F)ccc1S. The zero-order valence-corrected chi connectivity index (χ0v) is 9.35. The molecule has 0 spiro atoms. The Morgan fingerprint density at radius 2 is 2.21 bits per heavy atom. The summed E-state index contributed by atoms with van der Waals surface area (Å²) in [6, 6.07) is 4.51. The minimum absolute atomic E-state index is 0.200. The highest BCUT2D eigenvalue weighted by atomic mass is 32.1. The largest absolute Gasteiger partial charge is 0.374 e. The van der Waals surface area contributed by atoms with Gasteiger partial charge in [-0.1, -0.05) is 6.92 Å². The first-order valence-electron chi connectivity index (χ1n) is 4.72. The number of benzene rings is 1. The molecule has 0 radical (unpaired) electrons. The molecule has 0 bridgehead atoms. The summed E-state index contributed by atoms with van der Waals surface area (Å²) < 4.78 is 18.4. The second kappa shape index (κ2) is 5.37. The second-order valence-electron chi connectivity index (χ2n) is 3.30. The van der Waals surface area contributed by atoms with Gasteiger partial charge >= 0.3 is 0 Å². The van der Waals surface area contributed by atoms with E-state index in [1.165, 1.54) is 12.1 Å². The normalized spacial score (nSPS) is 12.9. The lowest BCUT2D eigenvalue weighted by Gasteiger charge is -2.11. The van der Waals surface area contributed by atoms with Gasteiger partial charge in [-0.25, -0.2) is 4.39 Å². The molecule has 14 heavy (non-hydrogen) atoms. The maximum Gasteiger partial charge on any atom is 0.123 e. The molecular weight excluding hydrogens is 199 g/mol. The lowest BCUT2D eigenvalue weighted by atomic mass is 10.2. The average molecular weight is 214 g/mol. The van der Waals surface area contributed by atoms with Crippen LogP contribution in [0, 0.1) is 5.82 Å². The van der Waals surface area contributed by atoms with Crippen LogP contribution in [0.5, 0.6) is 0 Å². The Morgan fingerprint density at radius 3 is 2.86 bits per heavy atom. The van der Waals surface area contributed by atoms with E-state index in [0.29, 0.717) is 6.61 Å². The zero-order valence-electron chi connectivity index (χ0n) is 8.46. The highest BCUT2D eigenvalue weighted by Crippen LogP contribution is 2.17. The van der Waals surface area contributed by atoms with E-state index in [4.69, 9.17) is 4.74 Å². The van der Waals surface area contributed by atoms with E-state index in [-0.39, 0.29) is 11.9 Å². The fraction of sp³-hybridized carbons (Fsp3) is 0.455. The number of hydrogen-bond acceptors (Lipinski definition) is 2. The topological polar surface area (TPSA) is 9.23 Å². The van der Waals surface area contributed by atoms with Gasteiger partial charge in [-0.3, -0.25) is 0 Å². The first-order chi connectivity index (χ1) is 6.63. The molecule has 0 aliphatic carbocycles. The molecule has 0 N–H and O–H groups in total. The van der Waals surface area contributed by atoms with Gasteiger partial charge in [0.2, 0.25) is 0 Å². The van der Waals surface area contributed by atoms with E-state index >= 15 is 0 Å². The third-order valence-electron chi connectivity index (χ3n) is 2.14. The molecule has 0 amide bonds. The molecule has 1 rings (SSSR count). The summed E-state index contributed by atoms with van der Waals surface area (Å²) in [6.07, 6.45) is 1.16. The summed E-state index contributed by atoms with van der Waals surface area (Å²) in [5.41, 5.74) is 0.800. The third kappa shape index (κ3) is 3.31. The molecule has 1 nitrogen and oxygen atoms in total. The molecule has 0 aliphatic rings. The molecule has 0 saturated carbocycles. The van der Waals surface area contributed by atoms with Gasteiger partial charge < -0.3 is 4.74 Å². The summed E-state index contributed by atoms with van der Waals surface area (Å²) >= 11 is 4.23. The van der Waals surface area contributed by atoms with Crippen molar-refractivity contribution in [2.24, 2.45) is 0 Å². The van der Waals surface area contributed by atoms with E-state index in [2.05, 4.69) is 19.6 Å². The molecule has 1 unspecified atom stereocenters. The minimum Gasteiger partial charge on any atom is -0.374 e. The summed E-state index contributed by atoms with van der Waals surface area (Å²) in [7, 11) is 0. The van der Waals surface area contributed by atoms with Crippen molar-refractivity contribution in [3.8, 4) is 0 Å². The van der Waals surface area contributed by atoms with Gasteiger partial charge in [-0.2, -0.15) is 0 Å². The Morgan fingerprint density at radius 1 is 1.50 bits per heavy atom. The first-order valence-corrected chi connectivity index (χ1v) is 5.17. The Kier molecular flexibility index (Phi) is 4.42. The highest BCUT2D eigenvalue weighted by Gasteiger charge is 2.03. The van der Waals surface area contributed by atoms with E-state index in [9.17, 15) is 4.39 Å². The third-order valence-corrected chi connectivity index (χ3v) is 2.58. The smallest absolute Gasteiger partial charge is 0.123 e. The first kappa shape index (κ1) is 11.5. The van der Waals surface area contributed by atoms with Crippen molar-refractivity contribution in [3.63, 3.8) is 0 Å². The molecule has 3 heteroatoms. The van der Waals surface area contributed by atoms with Crippen LogP contribution in [0.1, 0.15) is 25.8 Å². The number of thiol groups is 1. The van der Waals surface area contributed by atoms with Crippen LogP contribution < -0.4 is 0 Å². The lowest BCUT2D eigenvalue weighted by molar-refractivity contribution is 0.0495. The van der Waals surface area contributed by atoms with Crippen molar-refractivity contribution in [2.75, 3.05) is 0 Å². The predicted molar refractivity (Wildman–Crippen MR) is 58.2 cm³/mol. The van der Waals surface area contributed by atoms with Gasteiger partial charge in [-0.05, 0) is 37.1 Å². The molecule has 0 saturated heterocycles. The quantitative estimate of drug-likeness (QED) is 0.755. The van der Waals surface area contributed by atoms with Gasteiger partial charge in [0.15, 0.2) is 0 Å². The van der Waals surface area contributed by atoms with E-state index < -0.39 is 0 Å². The van der Waals surface area contributed by atoms with Crippen molar-refractivity contribution in [2.45, 2.75) is 37.9 Å². The number of halogens is 1.